The van der Waals surface area contributed by atoms with Crippen LogP contribution in [0.25, 0.3) is 11.1 Å². The number of nitrogens with one attached hydrogen (secondary N) is 1. The van der Waals surface area contributed by atoms with Crippen molar-refractivity contribution in [3.8, 4) is 11.1 Å². The normalized spacial score (nSPS) is 10.3. The molecule has 0 aliphatic heterocycles. The maximum atomic E-state index is 8.77. The van der Waals surface area contributed by atoms with Crippen LogP contribution in [0, 0.1) is 0 Å². The van der Waals surface area contributed by atoms with E-state index in [2.05, 4.69) is 47.8 Å². The van der Waals surface area contributed by atoms with Gasteiger partial charge in [-0.25, -0.2) is 0 Å². The Morgan fingerprint density at radius 1 is 0.833 bits per heavy atom. The number of aliphatic hydroxyl groups is 1. The molecule has 0 saturated carbocycles. The molecule has 0 aliphatic carbocycles. The van der Waals surface area contributed by atoms with Crippen molar-refractivity contribution in [1.29, 1.82) is 0 Å². The summed E-state index contributed by atoms with van der Waals surface area (Å²) in [6, 6.07) is 18.7. The van der Waals surface area contributed by atoms with E-state index in [-0.39, 0.29) is 6.61 Å². The van der Waals surface area contributed by atoms with Crippen LogP contribution in [0.3, 0.4) is 0 Å². The first-order valence-electron chi connectivity index (χ1n) is 6.41. The number of rotatable bonds is 6. The van der Waals surface area contributed by atoms with E-state index in [1.54, 1.807) is 0 Å². The minimum atomic E-state index is 0.266. The van der Waals surface area contributed by atoms with Crippen LogP contribution in [-0.2, 0) is 0 Å². The molecule has 0 aliphatic rings. The van der Waals surface area contributed by atoms with Crippen molar-refractivity contribution in [3.05, 3.63) is 54.6 Å². The SMILES string of the molecule is OCCCCNc1ccccc1-c1ccccc1. The molecule has 0 radical (unpaired) electrons. The fourth-order valence-corrected chi connectivity index (χ4v) is 1.97. The topological polar surface area (TPSA) is 32.3 Å². The largest absolute Gasteiger partial charge is 0.396 e. The zero-order valence-electron chi connectivity index (χ0n) is 10.5. The first-order chi connectivity index (χ1) is 8.92. The van der Waals surface area contributed by atoms with E-state index in [1.165, 1.54) is 11.1 Å². The molecule has 0 aromatic heterocycles. The van der Waals surface area contributed by atoms with Crippen LogP contribution < -0.4 is 5.32 Å². The van der Waals surface area contributed by atoms with E-state index >= 15 is 0 Å². The van der Waals surface area contributed by atoms with E-state index in [0.717, 1.165) is 25.1 Å². The van der Waals surface area contributed by atoms with Gasteiger partial charge in [0, 0.05) is 24.4 Å². The summed E-state index contributed by atoms with van der Waals surface area (Å²) in [5, 5.41) is 12.2. The predicted molar refractivity (Wildman–Crippen MR) is 76.7 cm³/mol. The molecule has 0 spiro atoms. The predicted octanol–water partition coefficient (Wildman–Crippen LogP) is 3.54. The van der Waals surface area contributed by atoms with Gasteiger partial charge in [-0.3, -0.25) is 0 Å². The number of para-hydroxylation sites is 1. The van der Waals surface area contributed by atoms with E-state index in [0.29, 0.717) is 0 Å². The quantitative estimate of drug-likeness (QED) is 0.758. The second-order valence-electron chi connectivity index (χ2n) is 4.27. The third kappa shape index (κ3) is 3.34. The van der Waals surface area contributed by atoms with Crippen molar-refractivity contribution in [2.24, 2.45) is 0 Å². The maximum Gasteiger partial charge on any atom is 0.0431 e. The van der Waals surface area contributed by atoms with E-state index in [4.69, 9.17) is 5.11 Å². The lowest BCUT2D eigenvalue weighted by atomic mass is 10.0. The lowest BCUT2D eigenvalue weighted by Crippen LogP contribution is -2.03. The van der Waals surface area contributed by atoms with Crippen molar-refractivity contribution in [1.82, 2.24) is 0 Å². The maximum absolute atomic E-state index is 8.77. The standard InChI is InChI=1S/C16H19NO/c18-13-7-6-12-17-16-11-5-4-10-15(16)14-8-2-1-3-9-14/h1-5,8-11,17-18H,6-7,12-13H2. The Balaban J connectivity index is 2.11. The Morgan fingerprint density at radius 3 is 2.33 bits per heavy atom. The third-order valence-electron chi connectivity index (χ3n) is 2.91. The molecule has 2 rings (SSSR count). The van der Waals surface area contributed by atoms with Gasteiger partial charge in [0.15, 0.2) is 0 Å². The Morgan fingerprint density at radius 2 is 1.56 bits per heavy atom. The van der Waals surface area contributed by atoms with Gasteiger partial charge in [0.05, 0.1) is 0 Å². The molecule has 2 N–H and O–H groups in total. The summed E-state index contributed by atoms with van der Waals surface area (Å²) in [6.07, 6.45) is 1.83. The average molecular weight is 241 g/mol. The molecule has 0 bridgehead atoms. The second kappa shape index (κ2) is 6.82. The van der Waals surface area contributed by atoms with Gasteiger partial charge < -0.3 is 10.4 Å². The van der Waals surface area contributed by atoms with Gasteiger partial charge in [0.1, 0.15) is 0 Å². The molecule has 0 heterocycles. The number of aliphatic hydroxyl groups excluding tert-OH is 1. The number of unbranched alkanes of at least 4 members (excludes halogenated alkanes) is 1. The van der Waals surface area contributed by atoms with Crippen LogP contribution in [0.1, 0.15) is 12.8 Å². The highest BCUT2D eigenvalue weighted by atomic mass is 16.2. The van der Waals surface area contributed by atoms with Crippen LogP contribution in [0.5, 0.6) is 0 Å². The molecular weight excluding hydrogens is 222 g/mol. The highest BCUT2D eigenvalue weighted by Gasteiger charge is 2.02. The molecule has 2 heteroatoms. The fraction of sp³-hybridized carbons (Fsp3) is 0.250. The van der Waals surface area contributed by atoms with E-state index in [1.807, 2.05) is 12.1 Å². The van der Waals surface area contributed by atoms with E-state index in [9.17, 15) is 0 Å². The highest BCUT2D eigenvalue weighted by molar-refractivity contribution is 5.77. The van der Waals surface area contributed by atoms with Crippen molar-refractivity contribution < 1.29 is 5.11 Å². The Kier molecular flexibility index (Phi) is 4.79. The number of hydrogen-bond acceptors (Lipinski definition) is 2. The molecule has 94 valence electrons. The molecule has 2 aromatic carbocycles. The molecule has 0 saturated heterocycles. The molecule has 0 fully saturated rings. The molecular formula is C16H19NO. The van der Waals surface area contributed by atoms with Crippen molar-refractivity contribution in [2.75, 3.05) is 18.5 Å². The average Bonchev–Trinajstić information content (AvgIpc) is 2.45. The van der Waals surface area contributed by atoms with Crippen LogP contribution in [0.15, 0.2) is 54.6 Å². The van der Waals surface area contributed by atoms with Gasteiger partial charge in [-0.15, -0.1) is 0 Å². The Labute approximate surface area is 108 Å². The number of anilines is 1. The van der Waals surface area contributed by atoms with Crippen molar-refractivity contribution in [3.63, 3.8) is 0 Å². The minimum Gasteiger partial charge on any atom is -0.396 e. The van der Waals surface area contributed by atoms with Gasteiger partial charge in [-0.2, -0.15) is 0 Å². The summed E-state index contributed by atoms with van der Waals surface area (Å²) in [6.45, 7) is 1.16. The first kappa shape index (κ1) is 12.7. The number of hydrogen-bond donors (Lipinski definition) is 2. The van der Waals surface area contributed by atoms with Crippen LogP contribution in [0.4, 0.5) is 5.69 Å². The van der Waals surface area contributed by atoms with Crippen molar-refractivity contribution >= 4 is 5.69 Å². The molecule has 2 nitrogen and oxygen atoms in total. The molecule has 0 atom stereocenters. The van der Waals surface area contributed by atoms with Crippen LogP contribution in [0.2, 0.25) is 0 Å². The van der Waals surface area contributed by atoms with Crippen LogP contribution >= 0.6 is 0 Å². The van der Waals surface area contributed by atoms with Gasteiger partial charge in [-0.05, 0) is 24.5 Å². The van der Waals surface area contributed by atoms with Gasteiger partial charge in [-0.1, -0.05) is 48.5 Å². The lowest BCUT2D eigenvalue weighted by molar-refractivity contribution is 0.286. The zero-order chi connectivity index (χ0) is 12.6. The summed E-state index contributed by atoms with van der Waals surface area (Å²) in [7, 11) is 0. The van der Waals surface area contributed by atoms with Crippen molar-refractivity contribution in [2.45, 2.75) is 12.8 Å². The third-order valence-corrected chi connectivity index (χ3v) is 2.91. The molecule has 0 amide bonds. The first-order valence-corrected chi connectivity index (χ1v) is 6.41. The second-order valence-corrected chi connectivity index (χ2v) is 4.27. The van der Waals surface area contributed by atoms with E-state index < -0.39 is 0 Å². The summed E-state index contributed by atoms with van der Waals surface area (Å²) in [4.78, 5) is 0. The smallest absolute Gasteiger partial charge is 0.0431 e. The van der Waals surface area contributed by atoms with Gasteiger partial charge >= 0.3 is 0 Å². The molecule has 0 unspecified atom stereocenters. The summed E-state index contributed by atoms with van der Waals surface area (Å²) < 4.78 is 0. The van der Waals surface area contributed by atoms with Gasteiger partial charge in [0.25, 0.3) is 0 Å². The lowest BCUT2D eigenvalue weighted by Gasteiger charge is -2.11. The Hall–Kier alpha value is -1.80. The molecule has 18 heavy (non-hydrogen) atoms. The fourth-order valence-electron chi connectivity index (χ4n) is 1.97. The van der Waals surface area contributed by atoms with Gasteiger partial charge in [0.2, 0.25) is 0 Å². The minimum absolute atomic E-state index is 0.266. The van der Waals surface area contributed by atoms with Crippen LogP contribution in [-0.4, -0.2) is 18.3 Å². The number of benzene rings is 2. The monoisotopic (exact) mass is 241 g/mol. The Bertz CT molecular complexity index is 468. The highest BCUT2D eigenvalue weighted by Crippen LogP contribution is 2.27. The summed E-state index contributed by atoms with van der Waals surface area (Å²) in [5.74, 6) is 0. The summed E-state index contributed by atoms with van der Waals surface area (Å²) in [5.41, 5.74) is 3.60. The zero-order valence-corrected chi connectivity index (χ0v) is 10.5. The molecule has 2 aromatic rings. The summed E-state index contributed by atoms with van der Waals surface area (Å²) >= 11 is 0.